The Kier molecular flexibility index (Phi) is 2.73. The molecule has 0 radical (unpaired) electrons. The standard InChI is InChI=1S/C13H23NO/c1-14-2-3-15-13-11-5-9-4-10(7-11)8-12(13)6-9/h9-14H,2-8H2,1H3. The average molecular weight is 209 g/mol. The zero-order valence-electron chi connectivity index (χ0n) is 9.74. The molecular weight excluding hydrogens is 186 g/mol. The lowest BCUT2D eigenvalue weighted by atomic mass is 9.55. The van der Waals surface area contributed by atoms with Crippen LogP contribution in [-0.4, -0.2) is 26.3 Å². The van der Waals surface area contributed by atoms with Crippen LogP contribution in [0, 0.1) is 23.7 Å². The van der Waals surface area contributed by atoms with E-state index in [4.69, 9.17) is 4.74 Å². The summed E-state index contributed by atoms with van der Waals surface area (Å²) in [5.41, 5.74) is 0. The smallest absolute Gasteiger partial charge is 0.0632 e. The van der Waals surface area contributed by atoms with Crippen molar-refractivity contribution in [1.29, 1.82) is 0 Å². The second kappa shape index (κ2) is 4.06. The van der Waals surface area contributed by atoms with Gasteiger partial charge < -0.3 is 10.1 Å². The van der Waals surface area contributed by atoms with E-state index in [-0.39, 0.29) is 0 Å². The number of likely N-dealkylation sites (N-methyl/N-ethyl adjacent to an activating group) is 1. The fourth-order valence-electron chi connectivity index (χ4n) is 4.44. The van der Waals surface area contributed by atoms with Gasteiger partial charge in [0.25, 0.3) is 0 Å². The molecule has 0 amide bonds. The van der Waals surface area contributed by atoms with Crippen LogP contribution in [0.1, 0.15) is 32.1 Å². The predicted molar refractivity (Wildman–Crippen MR) is 60.7 cm³/mol. The van der Waals surface area contributed by atoms with Gasteiger partial charge >= 0.3 is 0 Å². The molecular formula is C13H23NO. The molecule has 4 fully saturated rings. The van der Waals surface area contributed by atoms with Crippen molar-refractivity contribution in [3.8, 4) is 0 Å². The lowest BCUT2D eigenvalue weighted by molar-refractivity contribution is -0.125. The van der Waals surface area contributed by atoms with Crippen molar-refractivity contribution in [2.24, 2.45) is 23.7 Å². The molecule has 0 aromatic heterocycles. The van der Waals surface area contributed by atoms with Gasteiger partial charge in [0, 0.05) is 6.54 Å². The molecule has 0 aliphatic heterocycles. The van der Waals surface area contributed by atoms with Gasteiger partial charge in [-0.05, 0) is 62.8 Å². The van der Waals surface area contributed by atoms with Gasteiger partial charge in [0.05, 0.1) is 12.7 Å². The largest absolute Gasteiger partial charge is 0.376 e. The van der Waals surface area contributed by atoms with E-state index in [1.54, 1.807) is 0 Å². The molecule has 2 heteroatoms. The molecule has 1 N–H and O–H groups in total. The molecule has 15 heavy (non-hydrogen) atoms. The Hall–Kier alpha value is -0.0800. The number of nitrogens with one attached hydrogen (secondary N) is 1. The van der Waals surface area contributed by atoms with E-state index in [1.165, 1.54) is 32.1 Å². The van der Waals surface area contributed by atoms with Gasteiger partial charge in [-0.3, -0.25) is 0 Å². The number of rotatable bonds is 4. The van der Waals surface area contributed by atoms with Gasteiger partial charge in [-0.2, -0.15) is 0 Å². The van der Waals surface area contributed by atoms with Crippen molar-refractivity contribution >= 4 is 0 Å². The molecule has 0 atom stereocenters. The second-order valence-electron chi connectivity index (χ2n) is 5.87. The van der Waals surface area contributed by atoms with E-state index in [0.717, 1.165) is 36.8 Å². The summed E-state index contributed by atoms with van der Waals surface area (Å²) in [5, 5.41) is 3.17. The van der Waals surface area contributed by atoms with Crippen molar-refractivity contribution in [2.75, 3.05) is 20.2 Å². The highest BCUT2D eigenvalue weighted by atomic mass is 16.5. The predicted octanol–water partition coefficient (Wildman–Crippen LogP) is 2.05. The Balaban J connectivity index is 1.60. The van der Waals surface area contributed by atoms with Crippen LogP contribution in [0.3, 0.4) is 0 Å². The van der Waals surface area contributed by atoms with E-state index < -0.39 is 0 Å². The minimum atomic E-state index is 0.617. The molecule has 4 bridgehead atoms. The molecule has 0 aromatic carbocycles. The quantitative estimate of drug-likeness (QED) is 0.716. The van der Waals surface area contributed by atoms with Crippen LogP contribution in [0.2, 0.25) is 0 Å². The van der Waals surface area contributed by atoms with Gasteiger partial charge in [0.1, 0.15) is 0 Å². The van der Waals surface area contributed by atoms with Crippen LogP contribution in [0.25, 0.3) is 0 Å². The van der Waals surface area contributed by atoms with Crippen LogP contribution in [0.4, 0.5) is 0 Å². The van der Waals surface area contributed by atoms with E-state index in [2.05, 4.69) is 5.32 Å². The summed E-state index contributed by atoms with van der Waals surface area (Å²) in [6.07, 6.45) is 8.03. The van der Waals surface area contributed by atoms with Crippen molar-refractivity contribution in [1.82, 2.24) is 5.32 Å². The summed E-state index contributed by atoms with van der Waals surface area (Å²) in [7, 11) is 2.00. The van der Waals surface area contributed by atoms with Gasteiger partial charge in [0.2, 0.25) is 0 Å². The molecule has 4 aliphatic rings. The van der Waals surface area contributed by atoms with Crippen molar-refractivity contribution in [3.63, 3.8) is 0 Å². The van der Waals surface area contributed by atoms with Crippen LogP contribution < -0.4 is 5.32 Å². The Morgan fingerprint density at radius 1 is 1.00 bits per heavy atom. The molecule has 0 aromatic rings. The molecule has 0 heterocycles. The Bertz CT molecular complexity index is 201. The van der Waals surface area contributed by atoms with E-state index in [0.29, 0.717) is 6.10 Å². The third-order valence-corrected chi connectivity index (χ3v) is 4.80. The number of hydrogen-bond donors (Lipinski definition) is 1. The maximum absolute atomic E-state index is 6.10. The molecule has 0 unspecified atom stereocenters. The maximum atomic E-state index is 6.10. The van der Waals surface area contributed by atoms with Gasteiger partial charge in [0.15, 0.2) is 0 Å². The summed E-state index contributed by atoms with van der Waals surface area (Å²) in [5.74, 6) is 3.96. The van der Waals surface area contributed by atoms with Crippen LogP contribution in [0.5, 0.6) is 0 Å². The Labute approximate surface area is 92.8 Å². The molecule has 4 aliphatic carbocycles. The first-order valence-electron chi connectivity index (χ1n) is 6.63. The van der Waals surface area contributed by atoms with E-state index >= 15 is 0 Å². The van der Waals surface area contributed by atoms with Crippen LogP contribution >= 0.6 is 0 Å². The lowest BCUT2D eigenvalue weighted by Gasteiger charge is -2.54. The SMILES string of the molecule is CNCCOC1C2CC3CC(C2)CC1C3. The molecule has 4 saturated carbocycles. The van der Waals surface area contributed by atoms with Gasteiger partial charge in [-0.1, -0.05) is 0 Å². The summed E-state index contributed by atoms with van der Waals surface area (Å²) >= 11 is 0. The minimum absolute atomic E-state index is 0.617. The highest BCUT2D eigenvalue weighted by Crippen LogP contribution is 2.54. The zero-order valence-corrected chi connectivity index (χ0v) is 9.74. The van der Waals surface area contributed by atoms with Crippen LogP contribution in [-0.2, 0) is 4.74 Å². The topological polar surface area (TPSA) is 21.3 Å². The van der Waals surface area contributed by atoms with Crippen LogP contribution in [0.15, 0.2) is 0 Å². The van der Waals surface area contributed by atoms with Gasteiger partial charge in [-0.15, -0.1) is 0 Å². The van der Waals surface area contributed by atoms with Crippen molar-refractivity contribution in [3.05, 3.63) is 0 Å². The normalized spacial score (nSPS) is 47.4. The molecule has 0 saturated heterocycles. The first kappa shape index (κ1) is 10.1. The molecule has 0 spiro atoms. The third-order valence-electron chi connectivity index (χ3n) is 4.80. The first-order chi connectivity index (χ1) is 7.36. The monoisotopic (exact) mass is 209 g/mol. The maximum Gasteiger partial charge on any atom is 0.0632 e. The van der Waals surface area contributed by atoms with E-state index in [9.17, 15) is 0 Å². The Morgan fingerprint density at radius 2 is 1.60 bits per heavy atom. The first-order valence-corrected chi connectivity index (χ1v) is 6.63. The lowest BCUT2D eigenvalue weighted by Crippen LogP contribution is -2.49. The zero-order chi connectivity index (χ0) is 10.3. The Morgan fingerprint density at radius 3 is 2.13 bits per heavy atom. The summed E-state index contributed by atoms with van der Waals surface area (Å²) in [4.78, 5) is 0. The van der Waals surface area contributed by atoms with E-state index in [1.807, 2.05) is 7.05 Å². The summed E-state index contributed by atoms with van der Waals surface area (Å²) in [6.45, 7) is 1.91. The number of ether oxygens (including phenoxy) is 1. The third kappa shape index (κ3) is 1.83. The summed E-state index contributed by atoms with van der Waals surface area (Å²) < 4.78 is 6.10. The second-order valence-corrected chi connectivity index (χ2v) is 5.87. The molecule has 86 valence electrons. The fraction of sp³-hybridized carbons (Fsp3) is 1.00. The highest BCUT2D eigenvalue weighted by Gasteiger charge is 2.48. The van der Waals surface area contributed by atoms with Gasteiger partial charge in [-0.25, -0.2) is 0 Å². The fourth-order valence-corrected chi connectivity index (χ4v) is 4.44. The average Bonchev–Trinajstić information content (AvgIpc) is 2.21. The number of hydrogen-bond acceptors (Lipinski definition) is 2. The van der Waals surface area contributed by atoms with Crippen molar-refractivity contribution in [2.45, 2.75) is 38.2 Å². The molecule has 2 nitrogen and oxygen atoms in total. The highest BCUT2D eigenvalue weighted by molar-refractivity contribution is 4.98. The summed E-state index contributed by atoms with van der Waals surface area (Å²) in [6, 6.07) is 0. The van der Waals surface area contributed by atoms with Crippen molar-refractivity contribution < 1.29 is 4.74 Å². The minimum Gasteiger partial charge on any atom is -0.376 e. The molecule has 4 rings (SSSR count).